The molecule has 0 saturated carbocycles. The van der Waals surface area contributed by atoms with E-state index in [1.54, 1.807) is 0 Å². The van der Waals surface area contributed by atoms with Gasteiger partial charge in [-0.15, -0.1) is 0 Å². The first kappa shape index (κ1) is 14.3. The van der Waals surface area contributed by atoms with E-state index in [1.807, 2.05) is 17.9 Å². The normalized spacial score (nSPS) is 12.6. The minimum Gasteiger partial charge on any atom is -0.310 e. The van der Waals surface area contributed by atoms with Crippen LogP contribution < -0.4 is 5.32 Å². The summed E-state index contributed by atoms with van der Waals surface area (Å²) in [5.41, 5.74) is 3.69. The van der Waals surface area contributed by atoms with Gasteiger partial charge in [0, 0.05) is 30.2 Å². The molecule has 1 unspecified atom stereocenters. The van der Waals surface area contributed by atoms with Crippen molar-refractivity contribution < 1.29 is 0 Å². The SMILES string of the molecule is CCNC(Cc1ccn(C)n1)c1cc(C)ccc1Br. The average molecular weight is 322 g/mol. The number of aryl methyl sites for hydroxylation is 2. The number of likely N-dealkylation sites (N-methyl/N-ethyl adjacent to an activating group) is 1. The molecule has 2 aromatic rings. The lowest BCUT2D eigenvalue weighted by Gasteiger charge is -2.19. The van der Waals surface area contributed by atoms with E-state index in [0.29, 0.717) is 0 Å². The molecule has 1 aromatic heterocycles. The first-order valence-corrected chi connectivity index (χ1v) is 7.37. The van der Waals surface area contributed by atoms with Crippen LogP contribution in [0.5, 0.6) is 0 Å². The fraction of sp³-hybridized carbons (Fsp3) is 0.400. The number of hydrogen-bond donors (Lipinski definition) is 1. The Labute approximate surface area is 123 Å². The third kappa shape index (κ3) is 3.67. The van der Waals surface area contributed by atoms with Crippen molar-refractivity contribution in [1.82, 2.24) is 15.1 Å². The molecule has 0 aliphatic rings. The number of nitrogens with zero attached hydrogens (tertiary/aromatic N) is 2. The zero-order valence-corrected chi connectivity index (χ0v) is 13.2. The summed E-state index contributed by atoms with van der Waals surface area (Å²) in [6.07, 6.45) is 2.89. The van der Waals surface area contributed by atoms with Crippen molar-refractivity contribution >= 4 is 15.9 Å². The second-order valence-corrected chi connectivity index (χ2v) is 5.67. The topological polar surface area (TPSA) is 29.9 Å². The van der Waals surface area contributed by atoms with E-state index in [9.17, 15) is 0 Å². The highest BCUT2D eigenvalue weighted by Crippen LogP contribution is 2.26. The van der Waals surface area contributed by atoms with Crippen molar-refractivity contribution in [2.75, 3.05) is 6.54 Å². The van der Waals surface area contributed by atoms with Crippen LogP contribution in [0.4, 0.5) is 0 Å². The summed E-state index contributed by atoms with van der Waals surface area (Å²) < 4.78 is 3.00. The van der Waals surface area contributed by atoms with E-state index in [0.717, 1.165) is 23.1 Å². The number of benzene rings is 1. The molecular formula is C15H20BrN3. The van der Waals surface area contributed by atoms with Crippen molar-refractivity contribution in [2.45, 2.75) is 26.3 Å². The predicted molar refractivity (Wildman–Crippen MR) is 82.2 cm³/mol. The summed E-state index contributed by atoms with van der Waals surface area (Å²) in [4.78, 5) is 0. The van der Waals surface area contributed by atoms with Crippen LogP contribution in [-0.2, 0) is 13.5 Å². The van der Waals surface area contributed by atoms with Crippen molar-refractivity contribution in [2.24, 2.45) is 7.05 Å². The Hall–Kier alpha value is -1.13. The van der Waals surface area contributed by atoms with Crippen LogP contribution in [0.1, 0.15) is 29.8 Å². The molecule has 1 aromatic carbocycles. The van der Waals surface area contributed by atoms with Crippen molar-refractivity contribution in [1.29, 1.82) is 0 Å². The summed E-state index contributed by atoms with van der Waals surface area (Å²) in [6.45, 7) is 5.20. The van der Waals surface area contributed by atoms with E-state index in [1.165, 1.54) is 11.1 Å². The molecule has 19 heavy (non-hydrogen) atoms. The lowest BCUT2D eigenvalue weighted by Crippen LogP contribution is -2.23. The maximum Gasteiger partial charge on any atom is 0.0643 e. The van der Waals surface area contributed by atoms with E-state index >= 15 is 0 Å². The van der Waals surface area contributed by atoms with Gasteiger partial charge in [-0.05, 0) is 31.2 Å². The molecule has 0 aliphatic carbocycles. The van der Waals surface area contributed by atoms with Gasteiger partial charge in [-0.25, -0.2) is 0 Å². The number of nitrogens with one attached hydrogen (secondary N) is 1. The summed E-state index contributed by atoms with van der Waals surface area (Å²) in [6, 6.07) is 8.84. The molecule has 1 atom stereocenters. The van der Waals surface area contributed by atoms with Crippen LogP contribution in [0.25, 0.3) is 0 Å². The van der Waals surface area contributed by atoms with Gasteiger partial charge in [0.2, 0.25) is 0 Å². The Balaban J connectivity index is 2.26. The van der Waals surface area contributed by atoms with Gasteiger partial charge in [-0.2, -0.15) is 5.10 Å². The van der Waals surface area contributed by atoms with E-state index in [2.05, 4.69) is 64.5 Å². The highest BCUT2D eigenvalue weighted by molar-refractivity contribution is 9.10. The van der Waals surface area contributed by atoms with Crippen LogP contribution in [0.15, 0.2) is 34.9 Å². The molecule has 0 radical (unpaired) electrons. The Bertz CT molecular complexity index is 548. The first-order valence-electron chi connectivity index (χ1n) is 6.58. The van der Waals surface area contributed by atoms with Gasteiger partial charge >= 0.3 is 0 Å². The van der Waals surface area contributed by atoms with Crippen LogP contribution in [-0.4, -0.2) is 16.3 Å². The van der Waals surface area contributed by atoms with Crippen molar-refractivity contribution in [3.63, 3.8) is 0 Å². The lowest BCUT2D eigenvalue weighted by atomic mass is 10.00. The second-order valence-electron chi connectivity index (χ2n) is 4.82. The molecule has 1 heterocycles. The zero-order valence-electron chi connectivity index (χ0n) is 11.7. The average Bonchev–Trinajstić information content (AvgIpc) is 2.77. The second kappa shape index (κ2) is 6.35. The van der Waals surface area contributed by atoms with E-state index < -0.39 is 0 Å². The maximum absolute atomic E-state index is 4.47. The third-order valence-corrected chi connectivity index (χ3v) is 3.88. The standard InChI is InChI=1S/C15H20BrN3/c1-4-17-15(10-12-7-8-19(3)18-12)13-9-11(2)5-6-14(13)16/h5-9,15,17H,4,10H2,1-3H3. The molecule has 0 bridgehead atoms. The summed E-state index contributed by atoms with van der Waals surface area (Å²) in [7, 11) is 1.95. The van der Waals surface area contributed by atoms with Gasteiger partial charge in [0.05, 0.1) is 5.69 Å². The fourth-order valence-electron chi connectivity index (χ4n) is 2.25. The third-order valence-electron chi connectivity index (χ3n) is 3.16. The molecule has 102 valence electrons. The smallest absolute Gasteiger partial charge is 0.0643 e. The van der Waals surface area contributed by atoms with Gasteiger partial charge in [-0.3, -0.25) is 4.68 Å². The Morgan fingerprint density at radius 3 is 2.79 bits per heavy atom. The number of aromatic nitrogens is 2. The molecule has 1 N–H and O–H groups in total. The minimum atomic E-state index is 0.286. The van der Waals surface area contributed by atoms with Crippen LogP contribution in [0.3, 0.4) is 0 Å². The Kier molecular flexibility index (Phi) is 4.77. The Morgan fingerprint density at radius 1 is 1.37 bits per heavy atom. The molecule has 0 aliphatic heterocycles. The van der Waals surface area contributed by atoms with Gasteiger partial charge in [0.15, 0.2) is 0 Å². The largest absolute Gasteiger partial charge is 0.310 e. The first-order chi connectivity index (χ1) is 9.10. The van der Waals surface area contributed by atoms with Crippen molar-refractivity contribution in [3.8, 4) is 0 Å². The lowest BCUT2D eigenvalue weighted by molar-refractivity contribution is 0.537. The predicted octanol–water partition coefficient (Wildman–Crippen LogP) is 3.38. The van der Waals surface area contributed by atoms with Crippen LogP contribution in [0, 0.1) is 6.92 Å². The number of rotatable bonds is 5. The monoisotopic (exact) mass is 321 g/mol. The number of hydrogen-bond acceptors (Lipinski definition) is 2. The van der Waals surface area contributed by atoms with E-state index in [4.69, 9.17) is 0 Å². The highest BCUT2D eigenvalue weighted by Gasteiger charge is 2.15. The molecule has 0 fully saturated rings. The van der Waals surface area contributed by atoms with Gasteiger partial charge in [-0.1, -0.05) is 40.5 Å². The zero-order chi connectivity index (χ0) is 13.8. The number of halogens is 1. The minimum absolute atomic E-state index is 0.286. The van der Waals surface area contributed by atoms with Crippen molar-refractivity contribution in [3.05, 3.63) is 51.8 Å². The van der Waals surface area contributed by atoms with E-state index in [-0.39, 0.29) is 6.04 Å². The molecule has 4 heteroatoms. The molecule has 3 nitrogen and oxygen atoms in total. The summed E-state index contributed by atoms with van der Waals surface area (Å²) in [5.74, 6) is 0. The van der Waals surface area contributed by atoms with Gasteiger partial charge in [0.25, 0.3) is 0 Å². The summed E-state index contributed by atoms with van der Waals surface area (Å²) >= 11 is 3.65. The molecule has 0 saturated heterocycles. The molecule has 0 amide bonds. The highest BCUT2D eigenvalue weighted by atomic mass is 79.9. The quantitative estimate of drug-likeness (QED) is 0.914. The Morgan fingerprint density at radius 2 is 2.16 bits per heavy atom. The molecule has 2 rings (SSSR count). The maximum atomic E-state index is 4.47. The fourth-order valence-corrected chi connectivity index (χ4v) is 2.77. The van der Waals surface area contributed by atoms with Crippen LogP contribution >= 0.6 is 15.9 Å². The molecule has 0 spiro atoms. The van der Waals surface area contributed by atoms with Gasteiger partial charge in [0.1, 0.15) is 0 Å². The summed E-state index contributed by atoms with van der Waals surface area (Å²) in [5, 5.41) is 8.02. The molecular weight excluding hydrogens is 302 g/mol. The van der Waals surface area contributed by atoms with Crippen LogP contribution in [0.2, 0.25) is 0 Å². The van der Waals surface area contributed by atoms with Gasteiger partial charge < -0.3 is 5.32 Å².